The second kappa shape index (κ2) is 9.37. The lowest BCUT2D eigenvalue weighted by Gasteiger charge is -2.07. The number of rotatable bonds is 7. The van der Waals surface area contributed by atoms with Crippen LogP contribution < -0.4 is 5.43 Å². The molecule has 3 aromatic carbocycles. The quantitative estimate of drug-likeness (QED) is 0.277. The fraction of sp³-hybridized carbons (Fsp3) is 0.130. The summed E-state index contributed by atoms with van der Waals surface area (Å²) >= 11 is 1.35. The first-order valence-electron chi connectivity index (χ1n) is 9.67. The summed E-state index contributed by atoms with van der Waals surface area (Å²) in [5.74, 6) is 0.818. The molecule has 7 heteroatoms. The van der Waals surface area contributed by atoms with Gasteiger partial charge in [-0.05, 0) is 17.7 Å². The topological polar surface area (TPSA) is 72.2 Å². The Morgan fingerprint density at radius 3 is 2.63 bits per heavy atom. The molecule has 0 aliphatic carbocycles. The maximum Gasteiger partial charge on any atom is 0.250 e. The van der Waals surface area contributed by atoms with Crippen molar-refractivity contribution in [2.45, 2.75) is 18.6 Å². The molecule has 0 radical (unpaired) electrons. The maximum atomic E-state index is 12.2. The van der Waals surface area contributed by atoms with E-state index in [0.717, 1.165) is 34.3 Å². The van der Waals surface area contributed by atoms with Gasteiger partial charge in [-0.1, -0.05) is 84.6 Å². The molecule has 0 bridgehead atoms. The van der Waals surface area contributed by atoms with Crippen molar-refractivity contribution >= 4 is 34.7 Å². The Morgan fingerprint density at radius 2 is 1.80 bits per heavy atom. The number of benzene rings is 3. The van der Waals surface area contributed by atoms with Crippen LogP contribution in [0.25, 0.3) is 22.2 Å². The van der Waals surface area contributed by atoms with Crippen LogP contribution in [0.1, 0.15) is 12.5 Å². The van der Waals surface area contributed by atoms with E-state index in [1.807, 2.05) is 72.2 Å². The second-order valence-corrected chi connectivity index (χ2v) is 7.51. The monoisotopic (exact) mass is 415 g/mol. The number of thioether (sulfide) groups is 1. The fourth-order valence-corrected chi connectivity index (χ4v) is 3.98. The first kappa shape index (κ1) is 19.8. The summed E-state index contributed by atoms with van der Waals surface area (Å²) in [6.07, 6.45) is 1.67. The van der Waals surface area contributed by atoms with Crippen molar-refractivity contribution < 1.29 is 4.79 Å². The van der Waals surface area contributed by atoms with E-state index in [4.69, 9.17) is 0 Å². The molecule has 0 unspecified atom stereocenters. The van der Waals surface area contributed by atoms with Crippen LogP contribution in [0.3, 0.4) is 0 Å². The standard InChI is InChI=1S/C23H21N5OS/c1-2-28-22(18-10-4-3-5-11-18)26-27-23(28)30-16-21(29)25-24-15-19-13-8-12-17-9-6-7-14-20(17)19/h3-15H,2,16H2,1H3,(H,25,29). The van der Waals surface area contributed by atoms with E-state index >= 15 is 0 Å². The lowest BCUT2D eigenvalue weighted by molar-refractivity contribution is -0.118. The average molecular weight is 416 g/mol. The number of hydrogen-bond donors (Lipinski definition) is 1. The predicted molar refractivity (Wildman–Crippen MR) is 122 cm³/mol. The highest BCUT2D eigenvalue weighted by molar-refractivity contribution is 7.99. The van der Waals surface area contributed by atoms with Gasteiger partial charge in [-0.2, -0.15) is 5.10 Å². The summed E-state index contributed by atoms with van der Waals surface area (Å²) in [4.78, 5) is 12.2. The third-order valence-corrected chi connectivity index (χ3v) is 5.58. The van der Waals surface area contributed by atoms with E-state index in [1.165, 1.54) is 11.8 Å². The van der Waals surface area contributed by atoms with Crippen molar-refractivity contribution in [1.82, 2.24) is 20.2 Å². The predicted octanol–water partition coefficient (Wildman–Crippen LogP) is 4.36. The number of carbonyl (C=O) groups excluding carboxylic acids is 1. The Bertz CT molecular complexity index is 1180. The molecule has 4 rings (SSSR count). The fourth-order valence-electron chi connectivity index (χ4n) is 3.18. The normalized spacial score (nSPS) is 11.2. The van der Waals surface area contributed by atoms with Gasteiger partial charge in [0.25, 0.3) is 5.91 Å². The number of hydrogen-bond acceptors (Lipinski definition) is 5. The van der Waals surface area contributed by atoms with Gasteiger partial charge in [0.2, 0.25) is 0 Å². The van der Waals surface area contributed by atoms with Crippen LogP contribution in [-0.4, -0.2) is 32.6 Å². The van der Waals surface area contributed by atoms with Gasteiger partial charge in [-0.25, -0.2) is 5.43 Å². The van der Waals surface area contributed by atoms with Crippen LogP contribution in [-0.2, 0) is 11.3 Å². The third-order valence-electron chi connectivity index (χ3n) is 4.61. The van der Waals surface area contributed by atoms with Crippen LogP contribution in [0.15, 0.2) is 83.1 Å². The number of fused-ring (bicyclic) bond motifs is 1. The van der Waals surface area contributed by atoms with Crippen molar-refractivity contribution in [2.24, 2.45) is 5.10 Å². The molecule has 1 aromatic heterocycles. The maximum absolute atomic E-state index is 12.2. The Labute approximate surface area is 179 Å². The number of aromatic nitrogens is 3. The molecule has 1 heterocycles. The summed E-state index contributed by atoms with van der Waals surface area (Å²) in [6, 6.07) is 24.0. The van der Waals surface area contributed by atoms with Gasteiger partial charge in [-0.15, -0.1) is 10.2 Å². The molecule has 0 atom stereocenters. The number of nitrogens with zero attached hydrogens (tertiary/aromatic N) is 4. The summed E-state index contributed by atoms with van der Waals surface area (Å²) in [5.41, 5.74) is 4.55. The van der Waals surface area contributed by atoms with Crippen molar-refractivity contribution in [1.29, 1.82) is 0 Å². The lowest BCUT2D eigenvalue weighted by Crippen LogP contribution is -2.20. The van der Waals surface area contributed by atoms with E-state index in [0.29, 0.717) is 5.16 Å². The second-order valence-electron chi connectivity index (χ2n) is 6.57. The van der Waals surface area contributed by atoms with E-state index < -0.39 is 0 Å². The number of amides is 1. The highest BCUT2D eigenvalue weighted by atomic mass is 32.2. The van der Waals surface area contributed by atoms with Crippen molar-refractivity contribution in [2.75, 3.05) is 5.75 Å². The van der Waals surface area contributed by atoms with Gasteiger partial charge < -0.3 is 4.57 Å². The summed E-state index contributed by atoms with van der Waals surface area (Å²) < 4.78 is 2.01. The van der Waals surface area contributed by atoms with Crippen LogP contribution in [0.2, 0.25) is 0 Å². The van der Waals surface area contributed by atoms with Crippen LogP contribution in [0.4, 0.5) is 0 Å². The van der Waals surface area contributed by atoms with Crippen LogP contribution >= 0.6 is 11.8 Å². The van der Waals surface area contributed by atoms with Gasteiger partial charge in [0, 0.05) is 17.7 Å². The van der Waals surface area contributed by atoms with E-state index in [-0.39, 0.29) is 11.7 Å². The van der Waals surface area contributed by atoms with Gasteiger partial charge in [0.05, 0.1) is 12.0 Å². The minimum atomic E-state index is -0.191. The van der Waals surface area contributed by atoms with Gasteiger partial charge in [0.1, 0.15) is 0 Å². The Kier molecular flexibility index (Phi) is 6.20. The molecule has 1 N–H and O–H groups in total. The number of hydrazone groups is 1. The molecule has 0 spiro atoms. The number of nitrogens with one attached hydrogen (secondary N) is 1. The SMILES string of the molecule is CCn1c(SCC(=O)NN=Cc2cccc3ccccc23)nnc1-c1ccccc1. The summed E-state index contributed by atoms with van der Waals surface area (Å²) in [5, 5.41) is 15.6. The molecule has 0 saturated carbocycles. The molecule has 4 aromatic rings. The molecule has 150 valence electrons. The minimum absolute atomic E-state index is 0.191. The van der Waals surface area contributed by atoms with E-state index in [2.05, 4.69) is 32.9 Å². The Balaban J connectivity index is 1.38. The summed E-state index contributed by atoms with van der Waals surface area (Å²) in [6.45, 7) is 2.76. The van der Waals surface area contributed by atoms with Gasteiger partial charge >= 0.3 is 0 Å². The van der Waals surface area contributed by atoms with E-state index in [9.17, 15) is 4.79 Å². The summed E-state index contributed by atoms with van der Waals surface area (Å²) in [7, 11) is 0. The highest BCUT2D eigenvalue weighted by Crippen LogP contribution is 2.23. The molecule has 1 amide bonds. The molecule has 0 saturated heterocycles. The van der Waals surface area contributed by atoms with Crippen molar-refractivity contribution in [3.05, 3.63) is 78.4 Å². The lowest BCUT2D eigenvalue weighted by atomic mass is 10.1. The largest absolute Gasteiger partial charge is 0.302 e. The zero-order valence-corrected chi connectivity index (χ0v) is 17.3. The first-order valence-corrected chi connectivity index (χ1v) is 10.7. The van der Waals surface area contributed by atoms with Crippen molar-refractivity contribution in [3.63, 3.8) is 0 Å². The zero-order chi connectivity index (χ0) is 20.8. The van der Waals surface area contributed by atoms with Gasteiger partial charge in [-0.3, -0.25) is 4.79 Å². The molecular formula is C23H21N5OS. The first-order chi connectivity index (χ1) is 14.8. The highest BCUT2D eigenvalue weighted by Gasteiger charge is 2.14. The molecule has 0 aliphatic rings. The minimum Gasteiger partial charge on any atom is -0.302 e. The smallest absolute Gasteiger partial charge is 0.250 e. The Hall–Kier alpha value is -3.45. The van der Waals surface area contributed by atoms with E-state index in [1.54, 1.807) is 6.21 Å². The molecule has 30 heavy (non-hydrogen) atoms. The van der Waals surface area contributed by atoms with Gasteiger partial charge in [0.15, 0.2) is 11.0 Å². The molecular weight excluding hydrogens is 394 g/mol. The van der Waals surface area contributed by atoms with Crippen molar-refractivity contribution in [3.8, 4) is 11.4 Å². The molecule has 6 nitrogen and oxygen atoms in total. The Morgan fingerprint density at radius 1 is 1.03 bits per heavy atom. The van der Waals surface area contributed by atoms with Crippen LogP contribution in [0.5, 0.6) is 0 Å². The molecule has 0 fully saturated rings. The third kappa shape index (κ3) is 4.41. The molecule has 0 aliphatic heterocycles. The number of carbonyl (C=O) groups is 1. The zero-order valence-electron chi connectivity index (χ0n) is 16.5. The average Bonchev–Trinajstić information content (AvgIpc) is 3.21. The van der Waals surface area contributed by atoms with Crippen LogP contribution in [0, 0.1) is 0 Å².